The van der Waals surface area contributed by atoms with E-state index in [1.54, 1.807) is 4.31 Å². The number of Topliss-reactive ketones (excluding diaryl/α,β-unsaturated/α-hetero) is 1. The summed E-state index contributed by atoms with van der Waals surface area (Å²) in [5.41, 5.74) is 0.985. The highest BCUT2D eigenvalue weighted by Gasteiger charge is 2.65. The summed E-state index contributed by atoms with van der Waals surface area (Å²) in [6.07, 6.45) is 4.01. The van der Waals surface area contributed by atoms with Crippen molar-refractivity contribution in [2.24, 2.45) is 16.7 Å². The first kappa shape index (κ1) is 16.1. The number of hydrogen-bond donors (Lipinski definition) is 0. The van der Waals surface area contributed by atoms with Crippen molar-refractivity contribution in [1.82, 2.24) is 0 Å². The summed E-state index contributed by atoms with van der Waals surface area (Å²) in [4.78, 5) is 12.7. The van der Waals surface area contributed by atoms with Crippen LogP contribution in [0.5, 0.6) is 0 Å². The van der Waals surface area contributed by atoms with Crippen molar-refractivity contribution in [2.75, 3.05) is 16.6 Å². The Kier molecular flexibility index (Phi) is 3.41. The van der Waals surface area contributed by atoms with Gasteiger partial charge in [-0.25, -0.2) is 8.42 Å². The smallest absolute Gasteiger partial charge is 0.236 e. The zero-order valence-electron chi connectivity index (χ0n) is 14.4. The molecule has 5 heteroatoms. The predicted molar refractivity (Wildman–Crippen MR) is 94.5 cm³/mol. The maximum Gasteiger partial charge on any atom is 0.236 e. The summed E-state index contributed by atoms with van der Waals surface area (Å²) in [6, 6.07) is 7.74. The standard InChI is InChI=1S/C19H25NO3S/c1-18(2)15-9-10-19(18,17(21)12-15)13-24(22,23)20-11-5-7-14-6-3-4-8-16(14)20/h3-4,6,8,15H,5,7,9-13H2,1-2H3/t15-,19+/m1/s1. The molecule has 4 rings (SSSR count). The van der Waals surface area contributed by atoms with Crippen molar-refractivity contribution in [1.29, 1.82) is 0 Å². The molecule has 0 amide bonds. The van der Waals surface area contributed by atoms with E-state index in [0.29, 0.717) is 18.9 Å². The van der Waals surface area contributed by atoms with Gasteiger partial charge in [0.15, 0.2) is 0 Å². The monoisotopic (exact) mass is 347 g/mol. The third kappa shape index (κ3) is 2.03. The minimum atomic E-state index is -3.52. The second kappa shape index (κ2) is 5.07. The van der Waals surface area contributed by atoms with Crippen LogP contribution in [0, 0.1) is 16.7 Å². The Balaban J connectivity index is 1.72. The van der Waals surface area contributed by atoms with Crippen LogP contribution in [0.15, 0.2) is 24.3 Å². The Morgan fingerprint density at radius 2 is 2.00 bits per heavy atom. The van der Waals surface area contributed by atoms with Gasteiger partial charge in [0.2, 0.25) is 10.0 Å². The van der Waals surface area contributed by atoms with E-state index >= 15 is 0 Å². The van der Waals surface area contributed by atoms with Crippen LogP contribution in [0.1, 0.15) is 45.1 Å². The van der Waals surface area contributed by atoms with Crippen LogP contribution in [0.4, 0.5) is 5.69 Å². The molecule has 0 aromatic heterocycles. The first-order valence-electron chi connectivity index (χ1n) is 8.90. The molecule has 0 N–H and O–H groups in total. The molecule has 0 radical (unpaired) electrons. The van der Waals surface area contributed by atoms with Crippen molar-refractivity contribution >= 4 is 21.5 Å². The molecule has 2 fully saturated rings. The molecule has 2 bridgehead atoms. The number of benzene rings is 1. The quantitative estimate of drug-likeness (QED) is 0.844. The molecule has 1 heterocycles. The van der Waals surface area contributed by atoms with Crippen LogP contribution in [-0.4, -0.2) is 26.5 Å². The normalized spacial score (nSPS) is 31.3. The van der Waals surface area contributed by atoms with Crippen LogP contribution < -0.4 is 4.31 Å². The highest BCUT2D eigenvalue weighted by atomic mass is 32.2. The number of fused-ring (bicyclic) bond motifs is 3. The summed E-state index contributed by atoms with van der Waals surface area (Å²) in [5.74, 6) is 0.475. The molecule has 3 aliphatic rings. The third-order valence-corrected chi connectivity index (χ3v) is 8.88. The van der Waals surface area contributed by atoms with Gasteiger partial charge in [0.25, 0.3) is 0 Å². The molecule has 2 saturated carbocycles. The molecule has 130 valence electrons. The number of aryl methyl sites for hydroxylation is 1. The zero-order valence-corrected chi connectivity index (χ0v) is 15.2. The molecule has 1 aromatic carbocycles. The average Bonchev–Trinajstić information content (AvgIpc) is 2.88. The molecule has 1 aliphatic heterocycles. The van der Waals surface area contributed by atoms with Gasteiger partial charge >= 0.3 is 0 Å². The molecule has 24 heavy (non-hydrogen) atoms. The largest absolute Gasteiger partial charge is 0.299 e. The molecule has 0 unspecified atom stereocenters. The minimum Gasteiger partial charge on any atom is -0.299 e. The maximum absolute atomic E-state index is 13.3. The molecule has 4 nitrogen and oxygen atoms in total. The SMILES string of the molecule is CC1(C)[C@@H]2CC[C@]1(CS(=O)(=O)N1CCCc3ccccc31)C(=O)C2. The van der Waals surface area contributed by atoms with E-state index in [4.69, 9.17) is 0 Å². The van der Waals surface area contributed by atoms with E-state index in [1.165, 1.54) is 0 Å². The first-order chi connectivity index (χ1) is 11.3. The fourth-order valence-electron chi connectivity index (χ4n) is 5.29. The number of hydrogen-bond acceptors (Lipinski definition) is 3. The number of carbonyl (C=O) groups is 1. The number of para-hydroxylation sites is 1. The van der Waals surface area contributed by atoms with Gasteiger partial charge in [-0.05, 0) is 48.6 Å². The highest BCUT2D eigenvalue weighted by molar-refractivity contribution is 7.92. The number of carbonyl (C=O) groups excluding carboxylic acids is 1. The van der Waals surface area contributed by atoms with E-state index in [1.807, 2.05) is 24.3 Å². The Morgan fingerprint density at radius 1 is 1.25 bits per heavy atom. The Bertz CT molecular complexity index is 799. The summed E-state index contributed by atoms with van der Waals surface area (Å²) < 4.78 is 28.2. The van der Waals surface area contributed by atoms with E-state index in [0.717, 1.165) is 36.9 Å². The van der Waals surface area contributed by atoms with Crippen LogP contribution in [0.25, 0.3) is 0 Å². The average molecular weight is 347 g/mol. The lowest BCUT2D eigenvalue weighted by molar-refractivity contribution is -0.128. The van der Waals surface area contributed by atoms with Gasteiger partial charge < -0.3 is 0 Å². The van der Waals surface area contributed by atoms with Crippen LogP contribution in [-0.2, 0) is 21.2 Å². The topological polar surface area (TPSA) is 54.5 Å². The fourth-order valence-corrected chi connectivity index (χ4v) is 7.63. The number of ketones is 1. The fraction of sp³-hybridized carbons (Fsp3) is 0.632. The molecule has 0 spiro atoms. The van der Waals surface area contributed by atoms with Crippen molar-refractivity contribution in [3.8, 4) is 0 Å². The van der Waals surface area contributed by atoms with Gasteiger partial charge in [0, 0.05) is 13.0 Å². The third-order valence-electron chi connectivity index (χ3n) is 6.97. The number of rotatable bonds is 3. The van der Waals surface area contributed by atoms with Crippen LogP contribution in [0.3, 0.4) is 0 Å². The van der Waals surface area contributed by atoms with Gasteiger partial charge in [-0.1, -0.05) is 32.0 Å². The van der Waals surface area contributed by atoms with Gasteiger partial charge in [0.05, 0.1) is 16.9 Å². The summed E-state index contributed by atoms with van der Waals surface area (Å²) in [7, 11) is -3.52. The van der Waals surface area contributed by atoms with E-state index in [-0.39, 0.29) is 17.0 Å². The second-order valence-electron chi connectivity index (χ2n) is 8.23. The maximum atomic E-state index is 13.3. The number of anilines is 1. The summed E-state index contributed by atoms with van der Waals surface area (Å²) >= 11 is 0. The van der Waals surface area contributed by atoms with Crippen molar-refractivity contribution < 1.29 is 13.2 Å². The van der Waals surface area contributed by atoms with Crippen LogP contribution >= 0.6 is 0 Å². The Morgan fingerprint density at radius 3 is 2.67 bits per heavy atom. The first-order valence-corrected chi connectivity index (χ1v) is 10.5. The van der Waals surface area contributed by atoms with Crippen molar-refractivity contribution in [3.05, 3.63) is 29.8 Å². The summed E-state index contributed by atoms with van der Waals surface area (Å²) in [6.45, 7) is 4.71. The van der Waals surface area contributed by atoms with Crippen LogP contribution in [0.2, 0.25) is 0 Å². The zero-order chi connectivity index (χ0) is 17.2. The number of sulfonamides is 1. The van der Waals surface area contributed by atoms with Crippen molar-refractivity contribution in [3.63, 3.8) is 0 Å². The summed E-state index contributed by atoms with van der Waals surface area (Å²) in [5, 5.41) is 0. The molecular formula is C19H25NO3S. The lowest BCUT2D eigenvalue weighted by Gasteiger charge is -2.39. The minimum absolute atomic E-state index is 0.0311. The molecule has 2 atom stereocenters. The molecule has 0 saturated heterocycles. The van der Waals surface area contributed by atoms with Gasteiger partial charge in [-0.3, -0.25) is 9.10 Å². The van der Waals surface area contributed by atoms with Gasteiger partial charge in [0.1, 0.15) is 5.78 Å². The predicted octanol–water partition coefficient (Wildman–Crippen LogP) is 3.16. The Labute approximate surface area is 144 Å². The molecular weight excluding hydrogens is 322 g/mol. The Hall–Kier alpha value is -1.36. The molecule has 2 aliphatic carbocycles. The lowest BCUT2D eigenvalue weighted by atomic mass is 9.70. The van der Waals surface area contributed by atoms with E-state index in [2.05, 4.69) is 13.8 Å². The van der Waals surface area contributed by atoms with E-state index < -0.39 is 15.4 Å². The van der Waals surface area contributed by atoms with Gasteiger partial charge in [-0.15, -0.1) is 0 Å². The van der Waals surface area contributed by atoms with E-state index in [9.17, 15) is 13.2 Å². The van der Waals surface area contributed by atoms with Crippen molar-refractivity contribution in [2.45, 2.75) is 46.0 Å². The second-order valence-corrected chi connectivity index (χ2v) is 10.1. The van der Waals surface area contributed by atoms with Gasteiger partial charge in [-0.2, -0.15) is 0 Å². The highest BCUT2D eigenvalue weighted by Crippen LogP contribution is 2.64. The lowest BCUT2D eigenvalue weighted by Crippen LogP contribution is -2.47. The molecule has 1 aromatic rings. The number of nitrogens with zero attached hydrogens (tertiary/aromatic N) is 1.